The Morgan fingerprint density at radius 2 is 1.60 bits per heavy atom. The van der Waals surface area contributed by atoms with Crippen LogP contribution in [-0.4, -0.2) is 8.42 Å². The van der Waals surface area contributed by atoms with Crippen LogP contribution in [0.2, 0.25) is 0 Å². The van der Waals surface area contributed by atoms with Gasteiger partial charge in [0, 0.05) is 4.47 Å². The average Bonchev–Trinajstić information content (AvgIpc) is 2.42. The fourth-order valence-corrected chi connectivity index (χ4v) is 3.64. The fraction of sp³-hybridized carbons (Fsp3) is 0.200. The van der Waals surface area contributed by atoms with Crippen molar-refractivity contribution in [3.63, 3.8) is 0 Å². The normalized spacial score (nSPS) is 11.4. The number of aryl methyl sites for hydroxylation is 2. The van der Waals surface area contributed by atoms with Crippen molar-refractivity contribution in [3.05, 3.63) is 57.6 Å². The Morgan fingerprint density at radius 1 is 1.00 bits per heavy atom. The molecule has 20 heavy (non-hydrogen) atoms. The van der Waals surface area contributed by atoms with E-state index < -0.39 is 10.0 Å². The van der Waals surface area contributed by atoms with Crippen LogP contribution in [-0.2, 0) is 10.0 Å². The maximum Gasteiger partial charge on any atom is 0.261 e. The molecule has 2 aromatic rings. The second-order valence-electron chi connectivity index (χ2n) is 4.74. The van der Waals surface area contributed by atoms with Crippen molar-refractivity contribution in [2.45, 2.75) is 25.7 Å². The molecule has 0 radical (unpaired) electrons. The van der Waals surface area contributed by atoms with E-state index in [1.54, 1.807) is 30.3 Å². The van der Waals surface area contributed by atoms with Crippen LogP contribution < -0.4 is 4.72 Å². The highest BCUT2D eigenvalue weighted by Crippen LogP contribution is 2.32. The third kappa shape index (κ3) is 2.88. The van der Waals surface area contributed by atoms with Gasteiger partial charge in [0.15, 0.2) is 0 Å². The molecule has 0 amide bonds. The van der Waals surface area contributed by atoms with E-state index in [-0.39, 0.29) is 4.90 Å². The minimum atomic E-state index is -3.56. The van der Waals surface area contributed by atoms with Crippen molar-refractivity contribution >= 4 is 31.6 Å². The van der Waals surface area contributed by atoms with Gasteiger partial charge in [-0.15, -0.1) is 0 Å². The van der Waals surface area contributed by atoms with Gasteiger partial charge in [-0.2, -0.15) is 0 Å². The van der Waals surface area contributed by atoms with Crippen molar-refractivity contribution in [3.8, 4) is 0 Å². The summed E-state index contributed by atoms with van der Waals surface area (Å²) in [6, 6.07) is 10.3. The molecule has 0 bridgehead atoms. The monoisotopic (exact) mass is 353 g/mol. The summed E-state index contributed by atoms with van der Waals surface area (Å²) in [7, 11) is -3.56. The number of nitrogens with one attached hydrogen (secondary N) is 1. The number of hydrogen-bond donors (Lipinski definition) is 1. The van der Waals surface area contributed by atoms with E-state index in [0.717, 1.165) is 21.2 Å². The molecule has 0 saturated heterocycles. The van der Waals surface area contributed by atoms with E-state index in [4.69, 9.17) is 0 Å². The van der Waals surface area contributed by atoms with Gasteiger partial charge in [0.05, 0.1) is 10.6 Å². The zero-order valence-corrected chi connectivity index (χ0v) is 14.0. The molecule has 0 aliphatic rings. The Bertz CT molecular complexity index is 740. The SMILES string of the molecule is Cc1cc(C)c(NS(=O)(=O)c2ccccc2)c(C)c1Br. The highest BCUT2D eigenvalue weighted by Gasteiger charge is 2.17. The molecule has 3 nitrogen and oxygen atoms in total. The Labute approximate surface area is 128 Å². The molecular weight excluding hydrogens is 338 g/mol. The maximum absolute atomic E-state index is 12.4. The number of rotatable bonds is 3. The molecule has 0 spiro atoms. The van der Waals surface area contributed by atoms with Gasteiger partial charge in [-0.3, -0.25) is 4.72 Å². The van der Waals surface area contributed by atoms with E-state index in [9.17, 15) is 8.42 Å². The molecule has 0 aliphatic heterocycles. The predicted molar refractivity (Wildman–Crippen MR) is 85.6 cm³/mol. The summed E-state index contributed by atoms with van der Waals surface area (Å²) in [5.74, 6) is 0. The van der Waals surface area contributed by atoms with Crippen LogP contribution in [0.1, 0.15) is 16.7 Å². The fourth-order valence-electron chi connectivity index (χ4n) is 2.11. The zero-order chi connectivity index (χ0) is 14.9. The number of halogens is 1. The summed E-state index contributed by atoms with van der Waals surface area (Å²) in [6.07, 6.45) is 0. The van der Waals surface area contributed by atoms with Crippen molar-refractivity contribution in [1.82, 2.24) is 0 Å². The van der Waals surface area contributed by atoms with Gasteiger partial charge >= 0.3 is 0 Å². The lowest BCUT2D eigenvalue weighted by Crippen LogP contribution is -2.15. The molecule has 0 heterocycles. The second kappa shape index (κ2) is 5.58. The van der Waals surface area contributed by atoms with Crippen LogP contribution in [0.15, 0.2) is 45.8 Å². The molecule has 2 rings (SSSR count). The standard InChI is InChI=1S/C15H16BrNO2S/c1-10-9-11(2)15(12(3)14(10)16)17-20(18,19)13-7-5-4-6-8-13/h4-9,17H,1-3H3. The highest BCUT2D eigenvalue weighted by molar-refractivity contribution is 9.10. The van der Waals surface area contributed by atoms with E-state index >= 15 is 0 Å². The Hall–Kier alpha value is -1.33. The second-order valence-corrected chi connectivity index (χ2v) is 7.22. The molecular formula is C15H16BrNO2S. The Balaban J connectivity index is 2.48. The lowest BCUT2D eigenvalue weighted by molar-refractivity contribution is 0.601. The third-order valence-electron chi connectivity index (χ3n) is 3.17. The van der Waals surface area contributed by atoms with Crippen LogP contribution in [0.3, 0.4) is 0 Å². The number of benzene rings is 2. The lowest BCUT2D eigenvalue weighted by Gasteiger charge is -2.16. The van der Waals surface area contributed by atoms with Crippen LogP contribution in [0.5, 0.6) is 0 Å². The van der Waals surface area contributed by atoms with Gasteiger partial charge < -0.3 is 0 Å². The summed E-state index contributed by atoms with van der Waals surface area (Å²) in [4.78, 5) is 0.260. The zero-order valence-electron chi connectivity index (χ0n) is 11.6. The molecule has 106 valence electrons. The summed E-state index contributed by atoms with van der Waals surface area (Å²) >= 11 is 3.49. The first kappa shape index (κ1) is 15.1. The van der Waals surface area contributed by atoms with E-state index in [2.05, 4.69) is 20.7 Å². The molecule has 0 aliphatic carbocycles. The summed E-state index contributed by atoms with van der Waals surface area (Å²) in [5.41, 5.74) is 3.51. The largest absolute Gasteiger partial charge is 0.279 e. The van der Waals surface area contributed by atoms with Crippen LogP contribution in [0.4, 0.5) is 5.69 Å². The first-order chi connectivity index (χ1) is 9.33. The number of anilines is 1. The van der Waals surface area contributed by atoms with Crippen molar-refractivity contribution in [2.75, 3.05) is 4.72 Å². The Morgan fingerprint density at radius 3 is 2.20 bits per heavy atom. The van der Waals surface area contributed by atoms with Gasteiger partial charge in [-0.25, -0.2) is 8.42 Å². The van der Waals surface area contributed by atoms with E-state index in [1.165, 1.54) is 0 Å². The van der Waals surface area contributed by atoms with Gasteiger partial charge in [0.25, 0.3) is 10.0 Å². The average molecular weight is 354 g/mol. The van der Waals surface area contributed by atoms with Crippen molar-refractivity contribution in [2.24, 2.45) is 0 Å². The van der Waals surface area contributed by atoms with Gasteiger partial charge in [0.1, 0.15) is 0 Å². The number of hydrogen-bond acceptors (Lipinski definition) is 2. The van der Waals surface area contributed by atoms with Crippen molar-refractivity contribution < 1.29 is 8.42 Å². The smallest absolute Gasteiger partial charge is 0.261 e. The number of sulfonamides is 1. The molecule has 0 atom stereocenters. The van der Waals surface area contributed by atoms with Crippen LogP contribution >= 0.6 is 15.9 Å². The summed E-state index contributed by atoms with van der Waals surface area (Å²) < 4.78 is 28.4. The predicted octanol–water partition coefficient (Wildman–Crippen LogP) is 4.18. The first-order valence-electron chi connectivity index (χ1n) is 6.17. The van der Waals surface area contributed by atoms with Crippen molar-refractivity contribution in [1.29, 1.82) is 0 Å². The first-order valence-corrected chi connectivity index (χ1v) is 8.44. The van der Waals surface area contributed by atoms with Gasteiger partial charge in [-0.05, 0) is 49.6 Å². The third-order valence-corrected chi connectivity index (χ3v) is 5.75. The lowest BCUT2D eigenvalue weighted by atomic mass is 10.1. The summed E-state index contributed by atoms with van der Waals surface area (Å²) in [6.45, 7) is 5.78. The minimum Gasteiger partial charge on any atom is -0.279 e. The van der Waals surface area contributed by atoms with Gasteiger partial charge in [-0.1, -0.05) is 40.2 Å². The topological polar surface area (TPSA) is 46.2 Å². The highest BCUT2D eigenvalue weighted by atomic mass is 79.9. The van der Waals surface area contributed by atoms with Crippen LogP contribution in [0.25, 0.3) is 0 Å². The summed E-state index contributed by atoms with van der Waals surface area (Å²) in [5, 5.41) is 0. The quantitative estimate of drug-likeness (QED) is 0.899. The van der Waals surface area contributed by atoms with E-state index in [0.29, 0.717) is 5.69 Å². The van der Waals surface area contributed by atoms with Gasteiger partial charge in [0.2, 0.25) is 0 Å². The maximum atomic E-state index is 12.4. The molecule has 1 N–H and O–H groups in total. The minimum absolute atomic E-state index is 0.260. The molecule has 2 aromatic carbocycles. The molecule has 0 unspecified atom stereocenters. The van der Waals surface area contributed by atoms with E-state index in [1.807, 2.05) is 26.8 Å². The molecule has 5 heteroatoms. The molecule has 0 saturated carbocycles. The molecule has 0 fully saturated rings. The van der Waals surface area contributed by atoms with Crippen LogP contribution in [0, 0.1) is 20.8 Å². The Kier molecular flexibility index (Phi) is 4.20. The molecule has 0 aromatic heterocycles.